The molecule has 0 spiro atoms. The number of para-hydroxylation sites is 1. The predicted octanol–water partition coefficient (Wildman–Crippen LogP) is 5.84. The number of likely N-dealkylation sites (tertiary alicyclic amines) is 1. The molecule has 0 saturated carbocycles. The van der Waals surface area contributed by atoms with E-state index in [4.69, 9.17) is 19.4 Å². The number of fused-ring (bicyclic) bond motifs is 1. The number of piperidine rings is 1. The third kappa shape index (κ3) is 9.10. The predicted molar refractivity (Wildman–Crippen MR) is 175 cm³/mol. The van der Waals surface area contributed by atoms with Crippen LogP contribution in [0.2, 0.25) is 0 Å². The Bertz CT molecular complexity index is 1350. The van der Waals surface area contributed by atoms with Gasteiger partial charge in [0.25, 0.3) is 0 Å². The summed E-state index contributed by atoms with van der Waals surface area (Å²) in [7, 11) is 7.68. The molecule has 2 heterocycles. The van der Waals surface area contributed by atoms with Crippen LogP contribution in [0.15, 0.2) is 42.5 Å². The minimum atomic E-state index is -0.491. The molecule has 2 aromatic carbocycles. The second kappa shape index (κ2) is 14.6. The summed E-state index contributed by atoms with van der Waals surface area (Å²) in [5.41, 5.74) is 2.85. The van der Waals surface area contributed by atoms with Gasteiger partial charge in [0.05, 0.1) is 12.6 Å². The summed E-state index contributed by atoms with van der Waals surface area (Å²) < 4.78 is 11.1. The van der Waals surface area contributed by atoms with Crippen molar-refractivity contribution in [3.05, 3.63) is 48.0 Å². The first-order valence-corrected chi connectivity index (χ1v) is 15.3. The van der Waals surface area contributed by atoms with E-state index < -0.39 is 5.60 Å². The maximum atomic E-state index is 12.2. The Morgan fingerprint density at radius 1 is 1.02 bits per heavy atom. The Labute approximate surface area is 256 Å². The van der Waals surface area contributed by atoms with E-state index >= 15 is 0 Å². The van der Waals surface area contributed by atoms with Crippen molar-refractivity contribution in [1.29, 1.82) is 0 Å². The van der Waals surface area contributed by atoms with E-state index in [-0.39, 0.29) is 6.09 Å². The molecule has 2 N–H and O–H groups in total. The largest absolute Gasteiger partial charge is 0.496 e. The summed E-state index contributed by atoms with van der Waals surface area (Å²) in [6, 6.07) is 14.7. The highest BCUT2D eigenvalue weighted by molar-refractivity contribution is 5.90. The highest BCUT2D eigenvalue weighted by atomic mass is 16.6. The second-order valence-corrected chi connectivity index (χ2v) is 12.5. The van der Waals surface area contributed by atoms with E-state index in [0.29, 0.717) is 18.5 Å². The third-order valence-corrected chi connectivity index (χ3v) is 7.63. The number of benzene rings is 2. The highest BCUT2D eigenvalue weighted by Gasteiger charge is 2.23. The SMILES string of the molecule is COc1cccc(N(C)C)c1CN1CCC(Nc2nc(NCCCCN(C)C(=O)OC(C)(C)C)nc3ccccc23)CC1. The Balaban J connectivity index is 1.32. The van der Waals surface area contributed by atoms with E-state index in [2.05, 4.69) is 46.7 Å². The number of carbonyl (C=O) groups excluding carboxylic acids is 1. The Hall–Kier alpha value is -3.79. The molecule has 1 fully saturated rings. The molecule has 1 saturated heterocycles. The van der Waals surface area contributed by atoms with Crippen molar-refractivity contribution in [3.8, 4) is 5.75 Å². The van der Waals surface area contributed by atoms with Gasteiger partial charge in [-0.15, -0.1) is 0 Å². The number of methoxy groups -OCH3 is 1. The van der Waals surface area contributed by atoms with Crippen LogP contribution in [-0.4, -0.2) is 91.9 Å². The zero-order valence-corrected chi connectivity index (χ0v) is 26.9. The molecular weight excluding hydrogens is 542 g/mol. The van der Waals surface area contributed by atoms with Crippen LogP contribution < -0.4 is 20.3 Å². The number of ether oxygens (including phenoxy) is 2. The normalized spacial score (nSPS) is 14.4. The smallest absolute Gasteiger partial charge is 0.410 e. The molecule has 1 amide bonds. The first kappa shape index (κ1) is 32.1. The van der Waals surface area contributed by atoms with Crippen molar-refractivity contribution >= 4 is 34.4 Å². The lowest BCUT2D eigenvalue weighted by molar-refractivity contribution is 0.0296. The Morgan fingerprint density at radius 2 is 1.77 bits per heavy atom. The van der Waals surface area contributed by atoms with Gasteiger partial charge in [-0.2, -0.15) is 4.98 Å². The van der Waals surface area contributed by atoms with Crippen LogP contribution in [0.4, 0.5) is 22.2 Å². The van der Waals surface area contributed by atoms with Crippen molar-refractivity contribution in [2.45, 2.75) is 64.6 Å². The zero-order valence-electron chi connectivity index (χ0n) is 26.9. The number of anilines is 3. The van der Waals surface area contributed by atoms with Crippen LogP contribution in [0, 0.1) is 0 Å². The van der Waals surface area contributed by atoms with Gasteiger partial charge in [-0.25, -0.2) is 9.78 Å². The lowest BCUT2D eigenvalue weighted by Crippen LogP contribution is -2.39. The Morgan fingerprint density at radius 3 is 2.47 bits per heavy atom. The fourth-order valence-electron chi connectivity index (χ4n) is 5.35. The van der Waals surface area contributed by atoms with Crippen LogP contribution in [0.25, 0.3) is 10.9 Å². The highest BCUT2D eigenvalue weighted by Crippen LogP contribution is 2.31. The maximum absolute atomic E-state index is 12.2. The third-order valence-electron chi connectivity index (χ3n) is 7.63. The van der Waals surface area contributed by atoms with Gasteiger partial charge in [-0.1, -0.05) is 18.2 Å². The van der Waals surface area contributed by atoms with E-state index in [1.165, 1.54) is 11.3 Å². The number of carbonyl (C=O) groups is 1. The molecule has 3 aromatic rings. The molecular formula is C33H49N7O3. The quantitative estimate of drug-likeness (QED) is 0.252. The molecule has 1 aromatic heterocycles. The number of rotatable bonds is 12. The fourth-order valence-corrected chi connectivity index (χ4v) is 5.35. The van der Waals surface area contributed by atoms with Crippen molar-refractivity contribution in [2.24, 2.45) is 0 Å². The van der Waals surface area contributed by atoms with E-state index in [1.807, 2.05) is 51.1 Å². The zero-order chi connectivity index (χ0) is 31.0. The van der Waals surface area contributed by atoms with Crippen LogP contribution in [0.1, 0.15) is 52.0 Å². The van der Waals surface area contributed by atoms with Crippen LogP contribution in [0.5, 0.6) is 5.75 Å². The van der Waals surface area contributed by atoms with Crippen molar-refractivity contribution in [3.63, 3.8) is 0 Å². The van der Waals surface area contributed by atoms with E-state index in [9.17, 15) is 4.79 Å². The molecule has 4 rings (SSSR count). The van der Waals surface area contributed by atoms with Gasteiger partial charge in [0, 0.05) is 76.5 Å². The van der Waals surface area contributed by atoms with Crippen molar-refractivity contribution in [2.75, 3.05) is 70.0 Å². The maximum Gasteiger partial charge on any atom is 0.410 e. The average molecular weight is 592 g/mol. The van der Waals surface area contributed by atoms with Gasteiger partial charge in [0.2, 0.25) is 5.95 Å². The summed E-state index contributed by atoms with van der Waals surface area (Å²) >= 11 is 0. The summed E-state index contributed by atoms with van der Waals surface area (Å²) in [4.78, 5) is 28.1. The van der Waals surface area contributed by atoms with Crippen molar-refractivity contribution < 1.29 is 14.3 Å². The van der Waals surface area contributed by atoms with Gasteiger partial charge < -0.3 is 29.9 Å². The van der Waals surface area contributed by atoms with Crippen LogP contribution >= 0.6 is 0 Å². The molecule has 0 radical (unpaired) electrons. The van der Waals surface area contributed by atoms with Gasteiger partial charge >= 0.3 is 6.09 Å². The summed E-state index contributed by atoms with van der Waals surface area (Å²) in [5, 5.41) is 8.16. The molecule has 0 unspecified atom stereocenters. The van der Waals surface area contributed by atoms with E-state index in [0.717, 1.165) is 74.3 Å². The van der Waals surface area contributed by atoms with Crippen LogP contribution in [-0.2, 0) is 11.3 Å². The number of aromatic nitrogens is 2. The molecule has 0 atom stereocenters. The molecule has 43 heavy (non-hydrogen) atoms. The standard InChI is InChI=1S/C33H49N7O3/c1-33(2,3)43-32(41)39(6)20-11-10-19-34-31-36-27-14-9-8-13-25(27)30(37-31)35-24-17-21-40(22-18-24)23-26-28(38(4)5)15-12-16-29(26)42-7/h8-9,12-16,24H,10-11,17-23H2,1-7H3,(H2,34,35,36,37). The first-order valence-electron chi connectivity index (χ1n) is 15.3. The van der Waals surface area contributed by atoms with Crippen LogP contribution in [0.3, 0.4) is 0 Å². The molecule has 1 aliphatic rings. The average Bonchev–Trinajstić information content (AvgIpc) is 2.97. The number of hydrogen-bond donors (Lipinski definition) is 2. The van der Waals surface area contributed by atoms with Gasteiger partial charge in [-0.3, -0.25) is 4.90 Å². The topological polar surface area (TPSA) is 95.1 Å². The first-order chi connectivity index (χ1) is 20.5. The minimum absolute atomic E-state index is 0.294. The molecule has 1 aliphatic heterocycles. The monoisotopic (exact) mass is 591 g/mol. The van der Waals surface area contributed by atoms with Gasteiger partial charge in [0.1, 0.15) is 17.2 Å². The lowest BCUT2D eigenvalue weighted by Gasteiger charge is -2.34. The molecule has 10 nitrogen and oxygen atoms in total. The summed E-state index contributed by atoms with van der Waals surface area (Å²) in [6.45, 7) is 9.84. The molecule has 0 aliphatic carbocycles. The fraction of sp³-hybridized carbons (Fsp3) is 0.545. The molecule has 234 valence electrons. The number of nitrogens with one attached hydrogen (secondary N) is 2. The Kier molecular flexibility index (Phi) is 10.9. The van der Waals surface area contributed by atoms with Gasteiger partial charge in [-0.05, 0) is 70.7 Å². The second-order valence-electron chi connectivity index (χ2n) is 12.5. The van der Waals surface area contributed by atoms with Gasteiger partial charge in [0.15, 0.2) is 0 Å². The number of unbranched alkanes of at least 4 members (excludes halogenated alkanes) is 1. The number of hydrogen-bond acceptors (Lipinski definition) is 9. The summed E-state index contributed by atoms with van der Waals surface area (Å²) in [5.74, 6) is 2.43. The number of nitrogens with zero attached hydrogens (tertiary/aromatic N) is 5. The molecule has 10 heteroatoms. The number of amides is 1. The van der Waals surface area contributed by atoms with Crippen molar-refractivity contribution in [1.82, 2.24) is 19.8 Å². The lowest BCUT2D eigenvalue weighted by atomic mass is 10.0. The van der Waals surface area contributed by atoms with E-state index in [1.54, 1.807) is 19.1 Å². The minimum Gasteiger partial charge on any atom is -0.496 e. The molecule has 0 bridgehead atoms. The summed E-state index contributed by atoms with van der Waals surface area (Å²) in [6.07, 6.45) is 3.49.